The monoisotopic (exact) mass is 265 g/mol. The van der Waals surface area contributed by atoms with Crippen LogP contribution in [0.2, 0.25) is 0 Å². The molecule has 4 nitrogen and oxygen atoms in total. The first-order valence-electron chi connectivity index (χ1n) is 7.02. The molecule has 0 radical (unpaired) electrons. The maximum Gasteiger partial charge on any atom is 0.275 e. The molecule has 2 rings (SSSR count). The lowest BCUT2D eigenvalue weighted by Gasteiger charge is -2.31. The van der Waals surface area contributed by atoms with E-state index in [4.69, 9.17) is 0 Å². The Morgan fingerprint density at radius 3 is 1.95 bits per heavy atom. The average molecular weight is 265 g/mol. The van der Waals surface area contributed by atoms with Crippen LogP contribution in [0.3, 0.4) is 0 Å². The quantitative estimate of drug-likeness (QED) is 0.721. The van der Waals surface area contributed by atoms with E-state index >= 15 is 0 Å². The van der Waals surface area contributed by atoms with Gasteiger partial charge in [-0.2, -0.15) is 5.10 Å². The highest BCUT2D eigenvalue weighted by Gasteiger charge is 2.37. The fraction of sp³-hybridized carbons (Fsp3) is 0.733. The van der Waals surface area contributed by atoms with Gasteiger partial charge in [-0.1, -0.05) is 13.8 Å². The number of carbonyl (C=O) groups is 1. The first kappa shape index (κ1) is 15.7. The van der Waals surface area contributed by atoms with E-state index in [-0.39, 0.29) is 17.0 Å². The zero-order chi connectivity index (χ0) is 15.0. The molecule has 0 N–H and O–H groups in total. The van der Waals surface area contributed by atoms with Gasteiger partial charge in [-0.3, -0.25) is 9.48 Å². The molecule has 0 fully saturated rings. The van der Waals surface area contributed by atoms with Crippen molar-refractivity contribution in [1.29, 1.82) is 0 Å². The first-order chi connectivity index (χ1) is 8.60. The van der Waals surface area contributed by atoms with Crippen LogP contribution in [0, 0.1) is 0 Å². The largest absolute Gasteiger partial charge is 0.328 e. The van der Waals surface area contributed by atoms with Gasteiger partial charge in [-0.05, 0) is 41.5 Å². The Hall–Kier alpha value is -1.32. The van der Waals surface area contributed by atoms with Crippen LogP contribution in [0.1, 0.15) is 71.4 Å². The molecule has 1 aliphatic heterocycles. The minimum Gasteiger partial charge on any atom is -0.328 e. The molecular weight excluding hydrogens is 238 g/mol. The van der Waals surface area contributed by atoms with Crippen molar-refractivity contribution < 1.29 is 4.79 Å². The number of nitrogens with zero attached hydrogens (tertiary/aromatic N) is 3. The standard InChI is InChI=1S/C13H21N3O.C2H6/c1-12(2,3)15-7-9-8-16(13(4,5)6)14-10(9)11(15)17;1-2/h8H,7H2,1-6H3;1-2H3. The molecule has 0 unspecified atom stereocenters. The number of hydrogen-bond acceptors (Lipinski definition) is 2. The number of hydrogen-bond donors (Lipinski definition) is 0. The van der Waals surface area contributed by atoms with Gasteiger partial charge in [-0.15, -0.1) is 0 Å². The van der Waals surface area contributed by atoms with Crippen molar-refractivity contribution in [2.24, 2.45) is 0 Å². The zero-order valence-electron chi connectivity index (χ0n) is 13.5. The van der Waals surface area contributed by atoms with Crippen LogP contribution in [-0.4, -0.2) is 26.1 Å². The van der Waals surface area contributed by atoms with Crippen LogP contribution < -0.4 is 0 Å². The second-order valence-corrected chi connectivity index (χ2v) is 6.68. The predicted molar refractivity (Wildman–Crippen MR) is 78.2 cm³/mol. The van der Waals surface area contributed by atoms with E-state index in [1.807, 2.05) is 29.6 Å². The second kappa shape index (κ2) is 4.99. The molecule has 0 saturated heterocycles. The number of amides is 1. The molecule has 0 spiro atoms. The van der Waals surface area contributed by atoms with Crippen LogP contribution in [0.15, 0.2) is 6.20 Å². The third kappa shape index (κ3) is 2.99. The molecule has 2 heterocycles. The highest BCUT2D eigenvalue weighted by molar-refractivity contribution is 5.96. The Morgan fingerprint density at radius 2 is 1.58 bits per heavy atom. The van der Waals surface area contributed by atoms with Gasteiger partial charge >= 0.3 is 0 Å². The summed E-state index contributed by atoms with van der Waals surface area (Å²) in [5, 5.41) is 4.43. The molecule has 1 aliphatic rings. The molecule has 0 aliphatic carbocycles. The van der Waals surface area contributed by atoms with Gasteiger partial charge in [0.15, 0.2) is 5.69 Å². The molecule has 0 saturated carbocycles. The molecule has 1 amide bonds. The predicted octanol–water partition coefficient (Wildman–Crippen LogP) is 3.42. The van der Waals surface area contributed by atoms with Crippen molar-refractivity contribution in [3.63, 3.8) is 0 Å². The maximum absolute atomic E-state index is 12.2. The van der Waals surface area contributed by atoms with Gasteiger partial charge in [0, 0.05) is 17.3 Å². The average Bonchev–Trinajstić information content (AvgIpc) is 2.80. The zero-order valence-corrected chi connectivity index (χ0v) is 13.5. The minimum absolute atomic E-state index is 0.0514. The molecule has 1 aromatic heterocycles. The van der Waals surface area contributed by atoms with Crippen LogP contribution >= 0.6 is 0 Å². The molecule has 0 bridgehead atoms. The second-order valence-electron chi connectivity index (χ2n) is 6.68. The van der Waals surface area contributed by atoms with Crippen LogP contribution in [0.5, 0.6) is 0 Å². The van der Waals surface area contributed by atoms with E-state index in [0.717, 1.165) is 5.56 Å². The molecule has 19 heavy (non-hydrogen) atoms. The van der Waals surface area contributed by atoms with Crippen molar-refractivity contribution >= 4 is 5.91 Å². The SMILES string of the molecule is CC.CC(C)(C)N1Cc2cn(C(C)(C)C)nc2C1=O. The molecule has 108 valence electrons. The van der Waals surface area contributed by atoms with E-state index in [1.165, 1.54) is 0 Å². The van der Waals surface area contributed by atoms with Gasteiger partial charge in [0.05, 0.1) is 12.1 Å². The maximum atomic E-state index is 12.2. The summed E-state index contributed by atoms with van der Waals surface area (Å²) in [5.41, 5.74) is 1.45. The fourth-order valence-electron chi connectivity index (χ4n) is 1.96. The summed E-state index contributed by atoms with van der Waals surface area (Å²) < 4.78 is 1.88. The summed E-state index contributed by atoms with van der Waals surface area (Å²) in [4.78, 5) is 14.1. The van der Waals surface area contributed by atoms with Gasteiger partial charge < -0.3 is 4.90 Å². The van der Waals surface area contributed by atoms with Crippen LogP contribution in [-0.2, 0) is 12.1 Å². The summed E-state index contributed by atoms with van der Waals surface area (Å²) in [5.74, 6) is 0.0514. The van der Waals surface area contributed by atoms with E-state index in [2.05, 4.69) is 46.6 Å². The number of aromatic nitrogens is 2. The molecule has 4 heteroatoms. The van der Waals surface area contributed by atoms with Gasteiger partial charge in [0.25, 0.3) is 5.91 Å². The smallest absolute Gasteiger partial charge is 0.275 e. The number of rotatable bonds is 0. The highest BCUT2D eigenvalue weighted by atomic mass is 16.2. The minimum atomic E-state index is -0.142. The Balaban J connectivity index is 0.000000861. The summed E-state index contributed by atoms with van der Waals surface area (Å²) in [7, 11) is 0. The first-order valence-corrected chi connectivity index (χ1v) is 7.02. The van der Waals surface area contributed by atoms with Gasteiger partial charge in [0.1, 0.15) is 0 Å². The number of carbonyl (C=O) groups excluding carboxylic acids is 1. The van der Waals surface area contributed by atoms with Crippen molar-refractivity contribution in [3.05, 3.63) is 17.5 Å². The van der Waals surface area contributed by atoms with Crippen LogP contribution in [0.4, 0.5) is 0 Å². The fourth-order valence-corrected chi connectivity index (χ4v) is 1.96. The third-order valence-corrected chi connectivity index (χ3v) is 3.06. The van der Waals surface area contributed by atoms with Crippen molar-refractivity contribution in [2.75, 3.05) is 0 Å². The van der Waals surface area contributed by atoms with E-state index in [0.29, 0.717) is 12.2 Å². The lowest BCUT2D eigenvalue weighted by atomic mass is 10.1. The van der Waals surface area contributed by atoms with Crippen molar-refractivity contribution in [2.45, 2.75) is 73.0 Å². The number of fused-ring (bicyclic) bond motifs is 1. The molecule has 1 aromatic rings. The van der Waals surface area contributed by atoms with Crippen molar-refractivity contribution in [3.8, 4) is 0 Å². The lowest BCUT2D eigenvalue weighted by molar-refractivity contribution is 0.0600. The molecule has 0 aromatic carbocycles. The Bertz CT molecular complexity index is 461. The third-order valence-electron chi connectivity index (χ3n) is 3.06. The summed E-state index contributed by atoms with van der Waals surface area (Å²) >= 11 is 0. The Labute approximate surface area is 116 Å². The normalized spacial score (nSPS) is 15.2. The molecule has 0 atom stereocenters. The lowest BCUT2D eigenvalue weighted by Crippen LogP contribution is -2.41. The van der Waals surface area contributed by atoms with E-state index in [9.17, 15) is 4.79 Å². The van der Waals surface area contributed by atoms with E-state index < -0.39 is 0 Å². The summed E-state index contributed by atoms with van der Waals surface area (Å²) in [6.07, 6.45) is 2.00. The Morgan fingerprint density at radius 1 is 1.05 bits per heavy atom. The van der Waals surface area contributed by atoms with Gasteiger partial charge in [-0.25, -0.2) is 0 Å². The topological polar surface area (TPSA) is 38.1 Å². The van der Waals surface area contributed by atoms with Gasteiger partial charge in [0.2, 0.25) is 0 Å². The van der Waals surface area contributed by atoms with E-state index in [1.54, 1.807) is 0 Å². The molecular formula is C15H27N3O. The summed E-state index contributed by atoms with van der Waals surface area (Å²) in [6, 6.07) is 0. The van der Waals surface area contributed by atoms with Crippen molar-refractivity contribution in [1.82, 2.24) is 14.7 Å². The Kier molecular flexibility index (Phi) is 4.13. The highest BCUT2D eigenvalue weighted by Crippen LogP contribution is 2.29. The summed E-state index contributed by atoms with van der Waals surface area (Å²) in [6.45, 7) is 17.1. The van der Waals surface area contributed by atoms with Crippen LogP contribution in [0.25, 0.3) is 0 Å².